The Hall–Kier alpha value is -2.89. The molecule has 168 valence electrons. The van der Waals surface area contributed by atoms with Crippen molar-refractivity contribution in [1.82, 2.24) is 4.83 Å². The minimum atomic E-state index is -4.05. The standard InChI is InChI=1S/C21H19BrN2O6S2/c1-15-3-8-19(9-4-15)32(27,28)30-20-12-5-16(13-21(20)29-2)14-23-24-31(25,26)18-10-6-17(22)7-11-18/h3-14,24H,1-2H3. The van der Waals surface area contributed by atoms with E-state index in [2.05, 4.69) is 25.9 Å². The molecule has 32 heavy (non-hydrogen) atoms. The third-order valence-corrected chi connectivity index (χ3v) is 7.22. The van der Waals surface area contributed by atoms with E-state index in [-0.39, 0.29) is 21.3 Å². The van der Waals surface area contributed by atoms with Crippen LogP contribution in [0.4, 0.5) is 0 Å². The number of halogens is 1. The summed E-state index contributed by atoms with van der Waals surface area (Å²) in [7, 11) is -6.53. The molecular weight excluding hydrogens is 520 g/mol. The van der Waals surface area contributed by atoms with Gasteiger partial charge in [0.05, 0.1) is 18.2 Å². The molecule has 1 N–H and O–H groups in total. The van der Waals surface area contributed by atoms with Crippen LogP contribution in [0.3, 0.4) is 0 Å². The third kappa shape index (κ3) is 5.87. The summed E-state index contributed by atoms with van der Waals surface area (Å²) in [6.45, 7) is 1.85. The van der Waals surface area contributed by atoms with E-state index in [9.17, 15) is 16.8 Å². The Morgan fingerprint density at radius 2 is 1.50 bits per heavy atom. The third-order valence-electron chi connectivity index (χ3n) is 4.21. The largest absolute Gasteiger partial charge is 0.493 e. The minimum absolute atomic E-state index is 0.0122. The molecule has 3 aromatic rings. The topological polar surface area (TPSA) is 111 Å². The molecule has 0 unspecified atom stereocenters. The first-order valence-electron chi connectivity index (χ1n) is 9.10. The minimum Gasteiger partial charge on any atom is -0.493 e. The monoisotopic (exact) mass is 538 g/mol. The molecule has 0 radical (unpaired) electrons. The maximum atomic E-state index is 12.5. The quantitative estimate of drug-likeness (QED) is 0.265. The average Bonchev–Trinajstić information content (AvgIpc) is 2.75. The van der Waals surface area contributed by atoms with Gasteiger partial charge in [0.2, 0.25) is 0 Å². The van der Waals surface area contributed by atoms with E-state index in [1.807, 2.05) is 6.92 Å². The molecule has 0 bridgehead atoms. The molecule has 0 spiro atoms. The number of ether oxygens (including phenoxy) is 1. The number of rotatable bonds is 8. The number of sulfonamides is 1. The highest BCUT2D eigenvalue weighted by Gasteiger charge is 2.19. The Bertz CT molecular complexity index is 1340. The van der Waals surface area contributed by atoms with Gasteiger partial charge in [-0.1, -0.05) is 33.6 Å². The van der Waals surface area contributed by atoms with E-state index in [0.29, 0.717) is 5.56 Å². The summed E-state index contributed by atoms with van der Waals surface area (Å²) >= 11 is 3.24. The molecule has 0 amide bonds. The molecule has 3 aromatic carbocycles. The zero-order valence-corrected chi connectivity index (χ0v) is 20.2. The maximum absolute atomic E-state index is 12.5. The van der Waals surface area contributed by atoms with Gasteiger partial charge in [-0.25, -0.2) is 4.83 Å². The van der Waals surface area contributed by atoms with Crippen molar-refractivity contribution >= 4 is 42.3 Å². The number of methoxy groups -OCH3 is 1. The van der Waals surface area contributed by atoms with E-state index >= 15 is 0 Å². The lowest BCUT2D eigenvalue weighted by atomic mass is 10.2. The molecule has 11 heteroatoms. The van der Waals surface area contributed by atoms with Gasteiger partial charge in [0.25, 0.3) is 10.0 Å². The molecule has 0 aromatic heterocycles. The summed E-state index contributed by atoms with van der Waals surface area (Å²) in [6, 6.07) is 16.7. The van der Waals surface area contributed by atoms with Crippen LogP contribution in [0.15, 0.2) is 86.1 Å². The Kier molecular flexibility index (Phi) is 7.22. The van der Waals surface area contributed by atoms with Crippen molar-refractivity contribution in [3.05, 3.63) is 82.3 Å². The molecule has 0 saturated heterocycles. The molecule has 3 rings (SSSR count). The fraction of sp³-hybridized carbons (Fsp3) is 0.0952. The Morgan fingerprint density at radius 3 is 2.12 bits per heavy atom. The molecule has 8 nitrogen and oxygen atoms in total. The van der Waals surface area contributed by atoms with Crippen molar-refractivity contribution in [3.63, 3.8) is 0 Å². The fourth-order valence-electron chi connectivity index (χ4n) is 2.54. The van der Waals surface area contributed by atoms with E-state index in [4.69, 9.17) is 8.92 Å². The van der Waals surface area contributed by atoms with E-state index < -0.39 is 20.1 Å². The number of nitrogens with one attached hydrogen (secondary N) is 1. The second-order valence-corrected chi connectivity index (χ2v) is 10.7. The van der Waals surface area contributed by atoms with Crippen molar-refractivity contribution < 1.29 is 25.8 Å². The van der Waals surface area contributed by atoms with Crippen LogP contribution >= 0.6 is 15.9 Å². The molecule has 0 heterocycles. The second kappa shape index (κ2) is 9.72. The van der Waals surface area contributed by atoms with Crippen LogP contribution in [-0.4, -0.2) is 30.2 Å². The van der Waals surface area contributed by atoms with Crippen LogP contribution in [0, 0.1) is 6.92 Å². The predicted octanol–water partition coefficient (Wildman–Crippen LogP) is 3.85. The van der Waals surface area contributed by atoms with Gasteiger partial charge in [0.1, 0.15) is 4.90 Å². The molecule has 0 saturated carbocycles. The first kappa shape index (κ1) is 23.8. The summed E-state index contributed by atoms with van der Waals surface area (Å²) in [4.78, 5) is 2.19. The summed E-state index contributed by atoms with van der Waals surface area (Å²) in [5.41, 5.74) is 1.38. The van der Waals surface area contributed by atoms with Crippen molar-refractivity contribution in [1.29, 1.82) is 0 Å². The van der Waals surface area contributed by atoms with Crippen LogP contribution in [-0.2, 0) is 20.1 Å². The predicted molar refractivity (Wildman–Crippen MR) is 124 cm³/mol. The van der Waals surface area contributed by atoms with E-state index in [1.165, 1.54) is 55.8 Å². The van der Waals surface area contributed by atoms with Crippen LogP contribution in [0.2, 0.25) is 0 Å². The fourth-order valence-corrected chi connectivity index (χ4v) is 4.54. The highest BCUT2D eigenvalue weighted by Crippen LogP contribution is 2.30. The van der Waals surface area contributed by atoms with E-state index in [0.717, 1.165) is 10.0 Å². The van der Waals surface area contributed by atoms with Gasteiger partial charge in [-0.05, 0) is 67.1 Å². The molecule has 0 fully saturated rings. The number of hydrogen-bond donors (Lipinski definition) is 1. The highest BCUT2D eigenvalue weighted by atomic mass is 79.9. The number of benzene rings is 3. The lowest BCUT2D eigenvalue weighted by Crippen LogP contribution is -2.18. The van der Waals surface area contributed by atoms with Crippen molar-refractivity contribution in [2.75, 3.05) is 7.11 Å². The first-order chi connectivity index (χ1) is 15.1. The van der Waals surface area contributed by atoms with Crippen LogP contribution in [0.25, 0.3) is 0 Å². The zero-order valence-electron chi connectivity index (χ0n) is 17.0. The van der Waals surface area contributed by atoms with Gasteiger partial charge in [0.15, 0.2) is 11.5 Å². The zero-order chi connectivity index (χ0) is 23.4. The summed E-state index contributed by atoms with van der Waals surface area (Å²) in [6.07, 6.45) is 1.26. The SMILES string of the molecule is COc1cc(C=NNS(=O)(=O)c2ccc(Br)cc2)ccc1OS(=O)(=O)c1ccc(C)cc1. The molecule has 0 aliphatic carbocycles. The van der Waals surface area contributed by atoms with Crippen molar-refractivity contribution in [3.8, 4) is 11.5 Å². The van der Waals surface area contributed by atoms with Gasteiger partial charge in [-0.15, -0.1) is 0 Å². The van der Waals surface area contributed by atoms with Gasteiger partial charge < -0.3 is 8.92 Å². The smallest absolute Gasteiger partial charge is 0.339 e. The molecule has 0 aliphatic heterocycles. The van der Waals surface area contributed by atoms with Crippen LogP contribution < -0.4 is 13.8 Å². The lowest BCUT2D eigenvalue weighted by molar-refractivity contribution is 0.390. The number of hydrazone groups is 1. The number of hydrogen-bond acceptors (Lipinski definition) is 7. The van der Waals surface area contributed by atoms with Gasteiger partial charge in [-0.3, -0.25) is 0 Å². The van der Waals surface area contributed by atoms with Crippen molar-refractivity contribution in [2.24, 2.45) is 5.10 Å². The average molecular weight is 539 g/mol. The first-order valence-corrected chi connectivity index (χ1v) is 12.8. The summed E-state index contributed by atoms with van der Waals surface area (Å²) in [5, 5.41) is 3.76. The summed E-state index contributed by atoms with van der Waals surface area (Å²) in [5.74, 6) is 0.126. The Balaban J connectivity index is 1.76. The van der Waals surface area contributed by atoms with Gasteiger partial charge in [-0.2, -0.15) is 21.9 Å². The Labute approximate surface area is 195 Å². The molecule has 0 atom stereocenters. The summed E-state index contributed by atoms with van der Waals surface area (Å²) < 4.78 is 60.8. The number of nitrogens with zero attached hydrogens (tertiary/aromatic N) is 1. The number of aryl methyl sites for hydroxylation is 1. The van der Waals surface area contributed by atoms with Gasteiger partial charge in [0, 0.05) is 4.47 Å². The van der Waals surface area contributed by atoms with E-state index in [1.54, 1.807) is 24.3 Å². The Morgan fingerprint density at radius 1 is 0.875 bits per heavy atom. The maximum Gasteiger partial charge on any atom is 0.339 e. The normalized spacial score (nSPS) is 12.0. The lowest BCUT2D eigenvalue weighted by Gasteiger charge is -2.11. The highest BCUT2D eigenvalue weighted by molar-refractivity contribution is 9.10. The molecule has 0 aliphatic rings. The molecular formula is C21H19BrN2O6S2. The van der Waals surface area contributed by atoms with Crippen LogP contribution in [0.1, 0.15) is 11.1 Å². The van der Waals surface area contributed by atoms with Crippen LogP contribution in [0.5, 0.6) is 11.5 Å². The van der Waals surface area contributed by atoms with Gasteiger partial charge >= 0.3 is 10.1 Å². The second-order valence-electron chi connectivity index (χ2n) is 6.57. The van der Waals surface area contributed by atoms with Crippen molar-refractivity contribution in [2.45, 2.75) is 16.7 Å².